The molecular formula is C22H20N6OS3. The minimum Gasteiger partial charge on any atom is -0.272 e. The van der Waals surface area contributed by atoms with Gasteiger partial charge in [-0.2, -0.15) is 9.78 Å². The number of benzene rings is 1. The van der Waals surface area contributed by atoms with E-state index in [4.69, 9.17) is 5.10 Å². The van der Waals surface area contributed by atoms with E-state index in [1.807, 2.05) is 41.9 Å². The standard InChI is InChI=1S/C22H20N6OS3/c1-14-6-3-7-17(15(14)2)28-22(23-25-26-28)32-13-21(29)27-18(20-9-5-11-31-20)12-16(24-27)19-8-4-10-30-19/h3-11,18H,12-13H2,1-2H3. The van der Waals surface area contributed by atoms with Crippen molar-refractivity contribution in [2.24, 2.45) is 5.10 Å². The summed E-state index contributed by atoms with van der Waals surface area (Å²) in [6, 6.07) is 14.1. The molecule has 0 saturated heterocycles. The zero-order valence-corrected chi connectivity index (χ0v) is 20.0. The Balaban J connectivity index is 1.37. The second kappa shape index (κ2) is 8.97. The molecule has 1 amide bonds. The molecule has 0 spiro atoms. The number of thioether (sulfide) groups is 1. The van der Waals surface area contributed by atoms with E-state index in [1.165, 1.54) is 11.8 Å². The minimum absolute atomic E-state index is 0.0597. The average molecular weight is 481 g/mol. The number of thiophene rings is 2. The Bertz CT molecular complexity index is 1260. The van der Waals surface area contributed by atoms with Crippen LogP contribution in [0.25, 0.3) is 5.69 Å². The number of rotatable bonds is 6. The SMILES string of the molecule is Cc1cccc(-n2nnnc2SCC(=O)N2N=C(c3cccs3)CC2c2cccs2)c1C. The molecule has 0 aliphatic carbocycles. The fraction of sp³-hybridized carbons (Fsp3) is 0.227. The van der Waals surface area contributed by atoms with Gasteiger partial charge in [-0.25, -0.2) is 5.01 Å². The summed E-state index contributed by atoms with van der Waals surface area (Å²) < 4.78 is 1.70. The van der Waals surface area contributed by atoms with E-state index in [0.717, 1.165) is 38.7 Å². The van der Waals surface area contributed by atoms with E-state index in [-0.39, 0.29) is 17.7 Å². The van der Waals surface area contributed by atoms with Crippen molar-refractivity contribution in [3.63, 3.8) is 0 Å². The summed E-state index contributed by atoms with van der Waals surface area (Å²) in [6.45, 7) is 4.10. The maximum Gasteiger partial charge on any atom is 0.253 e. The highest BCUT2D eigenvalue weighted by Gasteiger charge is 2.34. The molecule has 1 aromatic carbocycles. The van der Waals surface area contributed by atoms with Crippen LogP contribution in [0.3, 0.4) is 0 Å². The monoisotopic (exact) mass is 480 g/mol. The van der Waals surface area contributed by atoms with E-state index < -0.39 is 0 Å². The largest absolute Gasteiger partial charge is 0.272 e. The van der Waals surface area contributed by atoms with Crippen LogP contribution < -0.4 is 0 Å². The lowest BCUT2D eigenvalue weighted by atomic mass is 10.1. The van der Waals surface area contributed by atoms with Crippen LogP contribution in [0.15, 0.2) is 63.5 Å². The van der Waals surface area contributed by atoms with Gasteiger partial charge in [-0.15, -0.1) is 27.8 Å². The molecule has 10 heteroatoms. The van der Waals surface area contributed by atoms with E-state index in [1.54, 1.807) is 32.4 Å². The highest BCUT2D eigenvalue weighted by atomic mass is 32.2. The normalized spacial score (nSPS) is 15.9. The number of carbonyl (C=O) groups is 1. The summed E-state index contributed by atoms with van der Waals surface area (Å²) in [7, 11) is 0. The van der Waals surface area contributed by atoms with Gasteiger partial charge in [0.25, 0.3) is 5.91 Å². The number of hydrogen-bond acceptors (Lipinski definition) is 8. The number of tetrazole rings is 1. The van der Waals surface area contributed by atoms with Gasteiger partial charge in [0, 0.05) is 11.3 Å². The van der Waals surface area contributed by atoms with Crippen molar-refractivity contribution in [2.75, 3.05) is 5.75 Å². The number of carbonyl (C=O) groups excluding carboxylic acids is 1. The molecule has 7 nitrogen and oxygen atoms in total. The number of aromatic nitrogens is 4. The van der Waals surface area contributed by atoms with Crippen molar-refractivity contribution >= 4 is 46.1 Å². The third-order valence-corrected chi connectivity index (χ3v) is 8.21. The third-order valence-electron chi connectivity index (χ3n) is 5.41. The fourth-order valence-electron chi connectivity index (χ4n) is 3.61. The zero-order valence-electron chi connectivity index (χ0n) is 17.5. The van der Waals surface area contributed by atoms with Gasteiger partial charge >= 0.3 is 0 Å². The first-order chi connectivity index (χ1) is 15.6. The number of hydrogen-bond donors (Lipinski definition) is 0. The average Bonchev–Trinajstić information content (AvgIpc) is 3.60. The van der Waals surface area contributed by atoms with Gasteiger partial charge in [0.2, 0.25) is 5.16 Å². The number of nitrogens with zero attached hydrogens (tertiary/aromatic N) is 6. The van der Waals surface area contributed by atoms with Gasteiger partial charge < -0.3 is 0 Å². The highest BCUT2D eigenvalue weighted by Crippen LogP contribution is 2.36. The van der Waals surface area contributed by atoms with E-state index >= 15 is 0 Å². The summed E-state index contributed by atoms with van der Waals surface area (Å²) in [5.74, 6) is 0.143. The van der Waals surface area contributed by atoms with Crippen molar-refractivity contribution in [3.8, 4) is 5.69 Å². The molecule has 1 atom stereocenters. The summed E-state index contributed by atoms with van der Waals surface area (Å²) >= 11 is 4.63. The molecule has 0 saturated carbocycles. The first-order valence-electron chi connectivity index (χ1n) is 10.1. The van der Waals surface area contributed by atoms with Gasteiger partial charge in [-0.1, -0.05) is 36.0 Å². The van der Waals surface area contributed by atoms with Crippen LogP contribution in [0.4, 0.5) is 0 Å². The predicted molar refractivity (Wildman–Crippen MR) is 129 cm³/mol. The second-order valence-electron chi connectivity index (χ2n) is 7.38. The Hall–Kier alpha value is -2.82. The molecule has 4 aromatic rings. The predicted octanol–water partition coefficient (Wildman–Crippen LogP) is 4.87. The summed E-state index contributed by atoms with van der Waals surface area (Å²) in [6.07, 6.45) is 0.720. The lowest BCUT2D eigenvalue weighted by molar-refractivity contribution is -0.130. The maximum atomic E-state index is 13.3. The fourth-order valence-corrected chi connectivity index (χ4v) is 5.88. The smallest absolute Gasteiger partial charge is 0.253 e. The summed E-state index contributed by atoms with van der Waals surface area (Å²) in [5.41, 5.74) is 4.14. The molecule has 1 aliphatic heterocycles. The second-order valence-corrected chi connectivity index (χ2v) is 10.2. The van der Waals surface area contributed by atoms with E-state index in [2.05, 4.69) is 40.6 Å². The van der Waals surface area contributed by atoms with Crippen LogP contribution in [0.5, 0.6) is 0 Å². The lowest BCUT2D eigenvalue weighted by Gasteiger charge is -2.20. The minimum atomic E-state index is -0.0739. The number of aryl methyl sites for hydroxylation is 1. The van der Waals surface area contributed by atoms with Crippen molar-refractivity contribution in [1.82, 2.24) is 25.2 Å². The molecule has 5 rings (SSSR count). The quantitative estimate of drug-likeness (QED) is 0.368. The zero-order chi connectivity index (χ0) is 22.1. The first-order valence-corrected chi connectivity index (χ1v) is 12.8. The van der Waals surface area contributed by atoms with Crippen molar-refractivity contribution < 1.29 is 4.79 Å². The Morgan fingerprint density at radius 3 is 2.75 bits per heavy atom. The summed E-state index contributed by atoms with van der Waals surface area (Å²) in [5, 5.41) is 23.2. The van der Waals surface area contributed by atoms with Crippen LogP contribution in [0, 0.1) is 13.8 Å². The van der Waals surface area contributed by atoms with Gasteiger partial charge in [-0.3, -0.25) is 4.79 Å². The van der Waals surface area contributed by atoms with Crippen molar-refractivity contribution in [2.45, 2.75) is 31.5 Å². The van der Waals surface area contributed by atoms with Crippen LogP contribution in [-0.2, 0) is 4.79 Å². The molecule has 1 aliphatic rings. The van der Waals surface area contributed by atoms with E-state index in [0.29, 0.717) is 5.16 Å². The number of amides is 1. The van der Waals surface area contributed by atoms with Gasteiger partial charge in [-0.05, 0) is 64.4 Å². The molecule has 32 heavy (non-hydrogen) atoms. The third kappa shape index (κ3) is 4.01. The Labute approximate surface area is 197 Å². The molecule has 0 N–H and O–H groups in total. The van der Waals surface area contributed by atoms with Crippen LogP contribution in [0.2, 0.25) is 0 Å². The lowest BCUT2D eigenvalue weighted by Crippen LogP contribution is -2.28. The summed E-state index contributed by atoms with van der Waals surface area (Å²) in [4.78, 5) is 15.5. The van der Waals surface area contributed by atoms with Gasteiger partial charge in [0.1, 0.15) is 0 Å². The Morgan fingerprint density at radius 1 is 1.12 bits per heavy atom. The molecule has 3 aromatic heterocycles. The van der Waals surface area contributed by atoms with E-state index in [9.17, 15) is 4.79 Å². The van der Waals surface area contributed by atoms with Crippen LogP contribution in [0.1, 0.15) is 33.3 Å². The molecule has 1 unspecified atom stereocenters. The number of hydrazone groups is 1. The highest BCUT2D eigenvalue weighted by molar-refractivity contribution is 7.99. The molecule has 4 heterocycles. The van der Waals surface area contributed by atoms with Gasteiger partial charge in [0.05, 0.1) is 28.1 Å². The van der Waals surface area contributed by atoms with Crippen molar-refractivity contribution in [1.29, 1.82) is 0 Å². The van der Waals surface area contributed by atoms with Gasteiger partial charge in [0.15, 0.2) is 0 Å². The first kappa shape index (κ1) is 21.0. The molecule has 162 valence electrons. The molecule has 0 bridgehead atoms. The Morgan fingerprint density at radius 2 is 1.97 bits per heavy atom. The topological polar surface area (TPSA) is 76.3 Å². The molecular weight excluding hydrogens is 460 g/mol. The molecule has 0 radical (unpaired) electrons. The maximum absolute atomic E-state index is 13.3. The van der Waals surface area contributed by atoms with Crippen molar-refractivity contribution in [3.05, 3.63) is 74.1 Å². The molecule has 0 fully saturated rings. The van der Waals surface area contributed by atoms with Crippen LogP contribution in [-0.4, -0.2) is 42.6 Å². The van der Waals surface area contributed by atoms with Crippen LogP contribution >= 0.6 is 34.4 Å². The Kier molecular flexibility index (Phi) is 5.90.